The van der Waals surface area contributed by atoms with Gasteiger partial charge in [-0.2, -0.15) is 0 Å². The van der Waals surface area contributed by atoms with Gasteiger partial charge in [-0.05, 0) is 35.0 Å². The van der Waals surface area contributed by atoms with Gasteiger partial charge in [0.15, 0.2) is 0 Å². The van der Waals surface area contributed by atoms with Crippen LogP contribution in [-0.2, 0) is 9.47 Å². The molecule has 0 unspecified atom stereocenters. The Labute approximate surface area is 116 Å². The third-order valence-electron chi connectivity index (χ3n) is 3.51. The summed E-state index contributed by atoms with van der Waals surface area (Å²) in [6.45, 7) is 2.87. The lowest BCUT2D eigenvalue weighted by molar-refractivity contribution is 0.348. The van der Waals surface area contributed by atoms with E-state index in [0.29, 0.717) is 13.2 Å². The minimum absolute atomic E-state index is 0.684. The molecule has 100 valence electrons. The number of nitrogens with zero attached hydrogens (tertiary/aromatic N) is 2. The van der Waals surface area contributed by atoms with E-state index in [2.05, 4.69) is 34.3 Å². The molecular formula is C16H14N2O2. The molecule has 0 fully saturated rings. The highest BCUT2D eigenvalue weighted by molar-refractivity contribution is 6.02. The molecule has 0 atom stereocenters. The zero-order valence-corrected chi connectivity index (χ0v) is 11.0. The van der Waals surface area contributed by atoms with Gasteiger partial charge in [-0.3, -0.25) is 0 Å². The minimum Gasteiger partial charge on any atom is -0.476 e. The SMILES string of the molecule is c1cc2cc(C3=NCCO3)ccc2cc1C1=NCCO1. The summed E-state index contributed by atoms with van der Waals surface area (Å²) in [6.07, 6.45) is 0. The van der Waals surface area contributed by atoms with Crippen molar-refractivity contribution in [3.8, 4) is 0 Å². The maximum Gasteiger partial charge on any atom is 0.216 e. The molecule has 0 aliphatic carbocycles. The fourth-order valence-electron chi connectivity index (χ4n) is 2.53. The Kier molecular flexibility index (Phi) is 2.66. The van der Waals surface area contributed by atoms with Crippen LogP contribution in [0.1, 0.15) is 11.1 Å². The summed E-state index contributed by atoms with van der Waals surface area (Å²) in [5, 5.41) is 2.34. The van der Waals surface area contributed by atoms with Crippen LogP contribution in [0.3, 0.4) is 0 Å². The maximum absolute atomic E-state index is 5.50. The van der Waals surface area contributed by atoms with Crippen molar-refractivity contribution < 1.29 is 9.47 Å². The Bertz CT molecular complexity index is 671. The normalized spacial score (nSPS) is 17.6. The molecule has 20 heavy (non-hydrogen) atoms. The summed E-state index contributed by atoms with van der Waals surface area (Å²) < 4.78 is 11.0. The molecule has 0 saturated heterocycles. The number of fused-ring (bicyclic) bond motifs is 1. The quantitative estimate of drug-likeness (QED) is 0.837. The molecule has 2 aromatic carbocycles. The molecule has 0 bridgehead atoms. The molecule has 2 aromatic rings. The van der Waals surface area contributed by atoms with Crippen molar-refractivity contribution in [1.82, 2.24) is 0 Å². The van der Waals surface area contributed by atoms with Crippen molar-refractivity contribution in [3.63, 3.8) is 0 Å². The lowest BCUT2D eigenvalue weighted by atomic mass is 10.0. The number of hydrogen-bond acceptors (Lipinski definition) is 4. The third kappa shape index (κ3) is 1.93. The van der Waals surface area contributed by atoms with E-state index in [4.69, 9.17) is 9.47 Å². The Hall–Kier alpha value is -2.36. The number of rotatable bonds is 2. The summed E-state index contributed by atoms with van der Waals surface area (Å²) in [5.74, 6) is 1.50. The van der Waals surface area contributed by atoms with E-state index in [1.807, 2.05) is 12.1 Å². The molecule has 4 rings (SSSR count). The van der Waals surface area contributed by atoms with E-state index in [0.717, 1.165) is 36.0 Å². The molecule has 0 aromatic heterocycles. The Morgan fingerprint density at radius 2 is 1.20 bits per heavy atom. The van der Waals surface area contributed by atoms with Crippen LogP contribution in [0.2, 0.25) is 0 Å². The highest BCUT2D eigenvalue weighted by Crippen LogP contribution is 2.21. The van der Waals surface area contributed by atoms with E-state index < -0.39 is 0 Å². The van der Waals surface area contributed by atoms with E-state index in [1.165, 1.54) is 10.8 Å². The van der Waals surface area contributed by atoms with Crippen molar-refractivity contribution in [2.24, 2.45) is 9.98 Å². The first-order valence-corrected chi connectivity index (χ1v) is 6.79. The van der Waals surface area contributed by atoms with Gasteiger partial charge < -0.3 is 9.47 Å². The van der Waals surface area contributed by atoms with Crippen molar-refractivity contribution in [2.75, 3.05) is 26.3 Å². The highest BCUT2D eigenvalue weighted by Gasteiger charge is 2.13. The lowest BCUT2D eigenvalue weighted by Gasteiger charge is -2.06. The second-order valence-corrected chi connectivity index (χ2v) is 4.85. The fourth-order valence-corrected chi connectivity index (χ4v) is 2.53. The van der Waals surface area contributed by atoms with Crippen LogP contribution in [0.4, 0.5) is 0 Å². The van der Waals surface area contributed by atoms with Crippen molar-refractivity contribution >= 4 is 22.6 Å². The third-order valence-corrected chi connectivity index (χ3v) is 3.51. The molecule has 0 radical (unpaired) electrons. The second kappa shape index (κ2) is 4.63. The number of ether oxygens (including phenoxy) is 2. The summed E-state index contributed by atoms with van der Waals surface area (Å²) in [5.41, 5.74) is 2.08. The molecule has 4 nitrogen and oxygen atoms in total. The van der Waals surface area contributed by atoms with Crippen LogP contribution in [0, 0.1) is 0 Å². The second-order valence-electron chi connectivity index (χ2n) is 4.85. The zero-order valence-electron chi connectivity index (χ0n) is 11.0. The topological polar surface area (TPSA) is 43.2 Å². The van der Waals surface area contributed by atoms with Crippen LogP contribution in [-0.4, -0.2) is 38.1 Å². The standard InChI is InChI=1S/C16H14N2O2/c1-3-13(15-17-5-7-19-15)10-12-2-4-14(9-11(1)12)16-18-6-8-20-16/h1-4,9-10H,5-8H2. The van der Waals surface area contributed by atoms with Crippen LogP contribution < -0.4 is 0 Å². The van der Waals surface area contributed by atoms with E-state index in [1.54, 1.807) is 0 Å². The van der Waals surface area contributed by atoms with Gasteiger partial charge in [-0.25, -0.2) is 9.98 Å². The maximum atomic E-state index is 5.50. The van der Waals surface area contributed by atoms with Crippen molar-refractivity contribution in [2.45, 2.75) is 0 Å². The highest BCUT2D eigenvalue weighted by atomic mass is 16.5. The number of hydrogen-bond donors (Lipinski definition) is 0. The molecule has 0 N–H and O–H groups in total. The first kappa shape index (κ1) is 11.5. The predicted octanol–water partition coefficient (Wildman–Crippen LogP) is 2.39. The first-order valence-electron chi connectivity index (χ1n) is 6.79. The largest absolute Gasteiger partial charge is 0.476 e. The molecule has 4 heteroatoms. The van der Waals surface area contributed by atoms with Crippen LogP contribution >= 0.6 is 0 Å². The summed E-state index contributed by atoms with van der Waals surface area (Å²) >= 11 is 0. The van der Waals surface area contributed by atoms with Crippen molar-refractivity contribution in [1.29, 1.82) is 0 Å². The Morgan fingerprint density at radius 3 is 1.60 bits per heavy atom. The van der Waals surface area contributed by atoms with Crippen LogP contribution in [0.5, 0.6) is 0 Å². The minimum atomic E-state index is 0.684. The van der Waals surface area contributed by atoms with E-state index >= 15 is 0 Å². The fraction of sp³-hybridized carbons (Fsp3) is 0.250. The molecule has 0 amide bonds. The summed E-state index contributed by atoms with van der Waals surface area (Å²) in [6, 6.07) is 12.5. The smallest absolute Gasteiger partial charge is 0.216 e. The molecule has 2 aliphatic rings. The average molecular weight is 266 g/mol. The molecular weight excluding hydrogens is 252 g/mol. The van der Waals surface area contributed by atoms with Gasteiger partial charge in [-0.15, -0.1) is 0 Å². The zero-order chi connectivity index (χ0) is 13.4. The van der Waals surface area contributed by atoms with Crippen molar-refractivity contribution in [3.05, 3.63) is 47.5 Å². The molecule has 2 aliphatic heterocycles. The van der Waals surface area contributed by atoms with E-state index in [-0.39, 0.29) is 0 Å². The van der Waals surface area contributed by atoms with Gasteiger partial charge in [0.1, 0.15) is 13.2 Å². The van der Waals surface area contributed by atoms with Gasteiger partial charge in [0.2, 0.25) is 11.8 Å². The molecule has 0 spiro atoms. The Balaban J connectivity index is 1.75. The number of benzene rings is 2. The first-order chi connectivity index (χ1) is 9.90. The number of aliphatic imine (C=N–C) groups is 2. The van der Waals surface area contributed by atoms with Crippen LogP contribution in [0.15, 0.2) is 46.4 Å². The van der Waals surface area contributed by atoms with Gasteiger partial charge in [0.25, 0.3) is 0 Å². The Morgan fingerprint density at radius 1 is 0.700 bits per heavy atom. The van der Waals surface area contributed by atoms with Gasteiger partial charge >= 0.3 is 0 Å². The summed E-state index contributed by atoms with van der Waals surface area (Å²) in [4.78, 5) is 8.70. The lowest BCUT2D eigenvalue weighted by Crippen LogP contribution is -2.02. The van der Waals surface area contributed by atoms with E-state index in [9.17, 15) is 0 Å². The predicted molar refractivity (Wildman–Crippen MR) is 78.7 cm³/mol. The van der Waals surface area contributed by atoms with Gasteiger partial charge in [-0.1, -0.05) is 12.1 Å². The monoisotopic (exact) mass is 266 g/mol. The summed E-state index contributed by atoms with van der Waals surface area (Å²) in [7, 11) is 0. The molecule has 0 saturated carbocycles. The molecule has 2 heterocycles. The van der Waals surface area contributed by atoms with Gasteiger partial charge in [0.05, 0.1) is 13.1 Å². The van der Waals surface area contributed by atoms with Crippen LogP contribution in [0.25, 0.3) is 10.8 Å². The average Bonchev–Trinajstić information content (AvgIpc) is 3.19. The van der Waals surface area contributed by atoms with Gasteiger partial charge in [0, 0.05) is 11.1 Å².